The second-order valence-electron chi connectivity index (χ2n) is 9.71. The Morgan fingerprint density at radius 1 is 0.889 bits per heavy atom. The molecule has 4 unspecified atom stereocenters. The molecular formula is C18H26. The van der Waals surface area contributed by atoms with E-state index in [0.717, 1.165) is 22.2 Å². The molecule has 0 amide bonds. The zero-order valence-electron chi connectivity index (χ0n) is 11.9. The Labute approximate surface area is 111 Å². The van der Waals surface area contributed by atoms with Crippen LogP contribution in [-0.2, 0) is 0 Å². The van der Waals surface area contributed by atoms with Crippen LogP contribution in [0.4, 0.5) is 0 Å². The van der Waals surface area contributed by atoms with E-state index in [1.165, 1.54) is 29.6 Å². The highest BCUT2D eigenvalue weighted by Crippen LogP contribution is 2.91. The lowest BCUT2D eigenvalue weighted by molar-refractivity contribution is -0.407. The third-order valence-corrected chi connectivity index (χ3v) is 9.59. The topological polar surface area (TPSA) is 0 Å². The summed E-state index contributed by atoms with van der Waals surface area (Å²) < 4.78 is 0. The molecule has 8 bridgehead atoms. The normalized spacial score (nSPS) is 73.2. The quantitative estimate of drug-likeness (QED) is 0.635. The molecule has 9 aliphatic rings. The molecule has 98 valence electrons. The summed E-state index contributed by atoms with van der Waals surface area (Å²) in [5.74, 6) is 6.92. The Kier molecular flexibility index (Phi) is 1.29. The minimum Gasteiger partial charge on any atom is -0.0622 e. The van der Waals surface area contributed by atoms with E-state index in [9.17, 15) is 0 Å². The van der Waals surface area contributed by atoms with Gasteiger partial charge >= 0.3 is 0 Å². The van der Waals surface area contributed by atoms with Crippen molar-refractivity contribution in [3.8, 4) is 0 Å². The summed E-state index contributed by atoms with van der Waals surface area (Å²) >= 11 is 0. The standard InChI is InChI=1S/C18H26/c1-10(2)16-6-13-12-3-11-4-17(13)9-18(5-11,14(12)7-16)15(17)8-16/h10-15H,3-9H2,1-2H3. The van der Waals surface area contributed by atoms with Gasteiger partial charge in [-0.1, -0.05) is 13.8 Å². The van der Waals surface area contributed by atoms with Crippen molar-refractivity contribution in [3.63, 3.8) is 0 Å². The molecule has 9 aliphatic carbocycles. The Bertz CT molecular complexity index is 412. The monoisotopic (exact) mass is 242 g/mol. The molecule has 18 heavy (non-hydrogen) atoms. The molecule has 9 rings (SSSR count). The maximum absolute atomic E-state index is 2.54. The van der Waals surface area contributed by atoms with Crippen LogP contribution in [0.2, 0.25) is 0 Å². The lowest BCUT2D eigenvalue weighted by Crippen LogP contribution is -2.82. The van der Waals surface area contributed by atoms with Gasteiger partial charge in [0.15, 0.2) is 0 Å². The molecule has 0 nitrogen and oxygen atoms in total. The zero-order valence-corrected chi connectivity index (χ0v) is 11.9. The molecule has 9 fully saturated rings. The molecule has 0 N–H and O–H groups in total. The van der Waals surface area contributed by atoms with Gasteiger partial charge in [0.2, 0.25) is 0 Å². The van der Waals surface area contributed by atoms with E-state index < -0.39 is 0 Å². The van der Waals surface area contributed by atoms with Gasteiger partial charge in [-0.05, 0) is 96.7 Å². The Hall–Kier alpha value is 0. The number of rotatable bonds is 1. The van der Waals surface area contributed by atoms with Crippen molar-refractivity contribution in [2.45, 2.75) is 58.8 Å². The minimum absolute atomic E-state index is 0.800. The van der Waals surface area contributed by atoms with Gasteiger partial charge < -0.3 is 0 Å². The summed E-state index contributed by atoms with van der Waals surface area (Å²) in [7, 11) is 0. The molecule has 0 heterocycles. The molecule has 2 spiro atoms. The fourth-order valence-corrected chi connectivity index (χ4v) is 9.33. The summed E-state index contributed by atoms with van der Waals surface area (Å²) in [4.78, 5) is 0. The molecule has 0 radical (unpaired) electrons. The summed E-state index contributed by atoms with van der Waals surface area (Å²) in [6.07, 6.45) is 11.6. The molecule has 4 atom stereocenters. The first-order chi connectivity index (χ1) is 8.60. The van der Waals surface area contributed by atoms with Gasteiger partial charge in [-0.15, -0.1) is 0 Å². The van der Waals surface area contributed by atoms with Crippen molar-refractivity contribution in [1.29, 1.82) is 0 Å². The van der Waals surface area contributed by atoms with E-state index in [4.69, 9.17) is 0 Å². The van der Waals surface area contributed by atoms with E-state index >= 15 is 0 Å². The molecule has 0 heteroatoms. The Balaban J connectivity index is 1.58. The van der Waals surface area contributed by atoms with Crippen LogP contribution in [0.25, 0.3) is 0 Å². The first kappa shape index (κ1) is 9.83. The molecule has 0 aromatic heterocycles. The summed E-state index contributed by atoms with van der Waals surface area (Å²) in [5, 5.41) is 0. The van der Waals surface area contributed by atoms with Crippen molar-refractivity contribution in [1.82, 2.24) is 0 Å². The van der Waals surface area contributed by atoms with Crippen LogP contribution in [-0.4, -0.2) is 0 Å². The van der Waals surface area contributed by atoms with Crippen LogP contribution in [0, 0.1) is 51.8 Å². The fourth-order valence-electron chi connectivity index (χ4n) is 9.33. The fraction of sp³-hybridized carbons (Fsp3) is 1.00. The third-order valence-electron chi connectivity index (χ3n) is 9.59. The van der Waals surface area contributed by atoms with E-state index in [1.807, 2.05) is 0 Å². The maximum Gasteiger partial charge on any atom is -0.0224 e. The minimum atomic E-state index is 0.800. The van der Waals surface area contributed by atoms with E-state index in [0.29, 0.717) is 0 Å². The molecule has 0 aliphatic heterocycles. The van der Waals surface area contributed by atoms with E-state index in [1.54, 1.807) is 44.9 Å². The highest BCUT2D eigenvalue weighted by molar-refractivity contribution is 5.33. The highest BCUT2D eigenvalue weighted by atomic mass is 14.9. The highest BCUT2D eigenvalue weighted by Gasteiger charge is 2.84. The predicted octanol–water partition coefficient (Wildman–Crippen LogP) is 4.49. The Morgan fingerprint density at radius 3 is 2.17 bits per heavy atom. The average molecular weight is 242 g/mol. The first-order valence-electron chi connectivity index (χ1n) is 8.60. The van der Waals surface area contributed by atoms with Crippen molar-refractivity contribution in [3.05, 3.63) is 0 Å². The smallest absolute Gasteiger partial charge is 0.0224 e. The van der Waals surface area contributed by atoms with Crippen LogP contribution in [0.15, 0.2) is 0 Å². The van der Waals surface area contributed by atoms with E-state index in [-0.39, 0.29) is 0 Å². The van der Waals surface area contributed by atoms with Crippen LogP contribution in [0.5, 0.6) is 0 Å². The molecule has 0 saturated heterocycles. The maximum atomic E-state index is 2.54. The summed E-state index contributed by atoms with van der Waals surface area (Å²) in [5.41, 5.74) is 2.64. The lowest BCUT2D eigenvalue weighted by atomic mass is 9.15. The largest absolute Gasteiger partial charge is 0.0622 e. The van der Waals surface area contributed by atoms with Gasteiger partial charge in [0, 0.05) is 0 Å². The van der Waals surface area contributed by atoms with Gasteiger partial charge in [-0.25, -0.2) is 0 Å². The molecule has 0 aromatic carbocycles. The van der Waals surface area contributed by atoms with Gasteiger partial charge in [-0.3, -0.25) is 0 Å². The van der Waals surface area contributed by atoms with Gasteiger partial charge in [-0.2, -0.15) is 0 Å². The second-order valence-corrected chi connectivity index (χ2v) is 9.71. The van der Waals surface area contributed by atoms with Crippen molar-refractivity contribution < 1.29 is 0 Å². The summed E-state index contributed by atoms with van der Waals surface area (Å²) in [6.45, 7) is 5.07. The number of hydrogen-bond acceptors (Lipinski definition) is 0. The van der Waals surface area contributed by atoms with Crippen molar-refractivity contribution in [2.24, 2.45) is 51.8 Å². The SMILES string of the molecule is CC(C)C12CC3C4CC5CC36CC(C5)(C4C1)C6C2. The molecular weight excluding hydrogens is 216 g/mol. The van der Waals surface area contributed by atoms with Crippen LogP contribution in [0.3, 0.4) is 0 Å². The second kappa shape index (κ2) is 2.35. The van der Waals surface area contributed by atoms with Crippen molar-refractivity contribution in [2.75, 3.05) is 0 Å². The lowest BCUT2D eigenvalue weighted by Gasteiger charge is -2.89. The predicted molar refractivity (Wildman–Crippen MR) is 71.9 cm³/mol. The molecule has 0 aromatic rings. The first-order valence-corrected chi connectivity index (χ1v) is 8.60. The third kappa shape index (κ3) is 0.676. The number of hydrogen-bond donors (Lipinski definition) is 0. The van der Waals surface area contributed by atoms with Gasteiger partial charge in [0.1, 0.15) is 0 Å². The Morgan fingerprint density at radius 2 is 1.56 bits per heavy atom. The van der Waals surface area contributed by atoms with E-state index in [2.05, 4.69) is 13.8 Å². The van der Waals surface area contributed by atoms with Gasteiger partial charge in [0.05, 0.1) is 0 Å². The van der Waals surface area contributed by atoms with Gasteiger partial charge in [0.25, 0.3) is 0 Å². The average Bonchev–Trinajstić information content (AvgIpc) is 2.34. The zero-order chi connectivity index (χ0) is 11.9. The summed E-state index contributed by atoms with van der Waals surface area (Å²) in [6, 6.07) is 0. The van der Waals surface area contributed by atoms with Crippen LogP contribution in [0.1, 0.15) is 58.8 Å². The van der Waals surface area contributed by atoms with Crippen molar-refractivity contribution >= 4 is 0 Å². The molecule has 9 saturated carbocycles. The van der Waals surface area contributed by atoms with Crippen LogP contribution >= 0.6 is 0 Å². The van der Waals surface area contributed by atoms with Crippen LogP contribution < -0.4 is 0 Å².